The van der Waals surface area contributed by atoms with Gasteiger partial charge in [-0.1, -0.05) is 30.0 Å². The SMILES string of the molecule is O=C(Nc1cccc([N+](=O)[O-])c1)c1ccccc1SC(F)F. The van der Waals surface area contributed by atoms with Gasteiger partial charge in [0.05, 0.1) is 10.5 Å². The van der Waals surface area contributed by atoms with Gasteiger partial charge in [0, 0.05) is 22.7 Å². The van der Waals surface area contributed by atoms with Crippen LogP contribution >= 0.6 is 11.8 Å². The molecule has 0 aliphatic rings. The van der Waals surface area contributed by atoms with Gasteiger partial charge in [0.15, 0.2) is 0 Å². The Kier molecular flexibility index (Phi) is 5.05. The van der Waals surface area contributed by atoms with Crippen LogP contribution in [0, 0.1) is 10.1 Å². The zero-order chi connectivity index (χ0) is 16.1. The number of carbonyl (C=O) groups is 1. The number of thioether (sulfide) groups is 1. The molecule has 0 heterocycles. The van der Waals surface area contributed by atoms with E-state index in [-0.39, 0.29) is 33.6 Å². The van der Waals surface area contributed by atoms with Crippen LogP contribution in [0.3, 0.4) is 0 Å². The summed E-state index contributed by atoms with van der Waals surface area (Å²) in [6.07, 6.45) is 0. The Morgan fingerprint density at radius 3 is 2.59 bits per heavy atom. The third-order valence-corrected chi connectivity index (χ3v) is 3.45. The zero-order valence-corrected chi connectivity index (χ0v) is 11.8. The number of nitrogens with one attached hydrogen (secondary N) is 1. The highest BCUT2D eigenvalue weighted by Gasteiger charge is 2.16. The Morgan fingerprint density at radius 1 is 1.18 bits per heavy atom. The van der Waals surface area contributed by atoms with Gasteiger partial charge in [-0.3, -0.25) is 14.9 Å². The molecule has 0 radical (unpaired) electrons. The summed E-state index contributed by atoms with van der Waals surface area (Å²) >= 11 is 0.270. The van der Waals surface area contributed by atoms with Crippen LogP contribution in [0.5, 0.6) is 0 Å². The predicted octanol–water partition coefficient (Wildman–Crippen LogP) is 4.16. The lowest BCUT2D eigenvalue weighted by Gasteiger charge is -2.09. The van der Waals surface area contributed by atoms with Gasteiger partial charge in [-0.05, 0) is 18.2 Å². The molecule has 2 aromatic carbocycles. The molecule has 0 fully saturated rings. The van der Waals surface area contributed by atoms with Gasteiger partial charge >= 0.3 is 0 Å². The summed E-state index contributed by atoms with van der Waals surface area (Å²) in [7, 11) is 0. The molecule has 5 nitrogen and oxygen atoms in total. The Labute approximate surface area is 128 Å². The Balaban J connectivity index is 2.22. The predicted molar refractivity (Wildman–Crippen MR) is 79.4 cm³/mol. The monoisotopic (exact) mass is 324 g/mol. The fraction of sp³-hybridized carbons (Fsp3) is 0.0714. The van der Waals surface area contributed by atoms with Gasteiger partial charge < -0.3 is 5.32 Å². The number of hydrogen-bond acceptors (Lipinski definition) is 4. The normalized spacial score (nSPS) is 10.5. The first-order valence-corrected chi connectivity index (χ1v) is 6.95. The number of non-ortho nitro benzene ring substituents is 1. The van der Waals surface area contributed by atoms with E-state index in [2.05, 4.69) is 5.32 Å². The van der Waals surface area contributed by atoms with Crippen LogP contribution in [0.25, 0.3) is 0 Å². The van der Waals surface area contributed by atoms with Crippen LogP contribution in [0.4, 0.5) is 20.2 Å². The molecule has 0 aromatic heterocycles. The summed E-state index contributed by atoms with van der Waals surface area (Å²) in [5.41, 5.74) is 0.128. The largest absolute Gasteiger partial charge is 0.322 e. The lowest BCUT2D eigenvalue weighted by molar-refractivity contribution is -0.384. The summed E-state index contributed by atoms with van der Waals surface area (Å²) in [5.74, 6) is -3.25. The zero-order valence-electron chi connectivity index (χ0n) is 11.0. The molecule has 114 valence electrons. The fourth-order valence-electron chi connectivity index (χ4n) is 1.75. The van der Waals surface area contributed by atoms with Crippen LogP contribution in [0.15, 0.2) is 53.4 Å². The van der Waals surface area contributed by atoms with E-state index in [0.29, 0.717) is 0 Å². The average molecular weight is 324 g/mol. The number of benzene rings is 2. The lowest BCUT2D eigenvalue weighted by atomic mass is 10.2. The second kappa shape index (κ2) is 6.99. The number of nitro benzene ring substituents is 1. The molecule has 2 aromatic rings. The molecule has 22 heavy (non-hydrogen) atoms. The highest BCUT2D eigenvalue weighted by molar-refractivity contribution is 7.99. The molecule has 0 aliphatic heterocycles. The summed E-state index contributed by atoms with van der Waals surface area (Å²) < 4.78 is 25.0. The van der Waals surface area contributed by atoms with Crippen LogP contribution in [0.2, 0.25) is 0 Å². The van der Waals surface area contributed by atoms with Gasteiger partial charge in [-0.2, -0.15) is 8.78 Å². The third kappa shape index (κ3) is 4.01. The summed E-state index contributed by atoms with van der Waals surface area (Å²) in [6, 6.07) is 11.3. The van der Waals surface area contributed by atoms with Crippen molar-refractivity contribution in [3.05, 3.63) is 64.2 Å². The average Bonchev–Trinajstić information content (AvgIpc) is 2.47. The van der Waals surface area contributed by atoms with Gasteiger partial charge in [-0.15, -0.1) is 0 Å². The molecule has 8 heteroatoms. The number of hydrogen-bond donors (Lipinski definition) is 1. The van der Waals surface area contributed by atoms with Crippen molar-refractivity contribution in [1.29, 1.82) is 0 Å². The van der Waals surface area contributed by atoms with Gasteiger partial charge in [0.2, 0.25) is 0 Å². The molecule has 0 saturated heterocycles. The Hall–Kier alpha value is -2.48. The molecule has 0 atom stereocenters. The number of halogens is 2. The molecule has 0 bridgehead atoms. The number of rotatable bonds is 5. The Morgan fingerprint density at radius 2 is 1.91 bits per heavy atom. The number of nitrogens with zero attached hydrogens (tertiary/aromatic N) is 1. The number of carbonyl (C=O) groups excluding carboxylic acids is 1. The molecule has 1 amide bonds. The quantitative estimate of drug-likeness (QED) is 0.509. The van der Waals surface area contributed by atoms with Crippen LogP contribution in [0.1, 0.15) is 10.4 Å². The van der Waals surface area contributed by atoms with E-state index >= 15 is 0 Å². The van der Waals surface area contributed by atoms with E-state index < -0.39 is 16.6 Å². The summed E-state index contributed by atoms with van der Waals surface area (Å²) in [5, 5.41) is 13.2. The first-order chi connectivity index (χ1) is 10.5. The van der Waals surface area contributed by atoms with Crippen molar-refractivity contribution in [2.45, 2.75) is 10.7 Å². The minimum absolute atomic E-state index is 0.0827. The molecule has 0 saturated carbocycles. The highest BCUT2D eigenvalue weighted by Crippen LogP contribution is 2.29. The minimum atomic E-state index is -2.65. The van der Waals surface area contributed by atoms with E-state index in [4.69, 9.17) is 0 Å². The topological polar surface area (TPSA) is 72.2 Å². The second-order valence-corrected chi connectivity index (χ2v) is 5.17. The standard InChI is InChI=1S/C14H10F2N2O3S/c15-14(16)22-12-7-2-1-6-11(12)13(19)17-9-4-3-5-10(8-9)18(20)21/h1-8,14H,(H,17,19). The minimum Gasteiger partial charge on any atom is -0.322 e. The first-order valence-electron chi connectivity index (χ1n) is 6.07. The maximum atomic E-state index is 12.5. The number of amides is 1. The van der Waals surface area contributed by atoms with Crippen molar-refractivity contribution >= 4 is 29.0 Å². The highest BCUT2D eigenvalue weighted by atomic mass is 32.2. The molecule has 1 N–H and O–H groups in total. The number of alkyl halides is 2. The van der Waals surface area contributed by atoms with Gasteiger partial charge in [0.25, 0.3) is 17.4 Å². The molecular weight excluding hydrogens is 314 g/mol. The molecule has 0 unspecified atom stereocenters. The number of anilines is 1. The van der Waals surface area contributed by atoms with Crippen molar-refractivity contribution in [2.75, 3.05) is 5.32 Å². The third-order valence-electron chi connectivity index (χ3n) is 2.66. The van der Waals surface area contributed by atoms with Crippen molar-refractivity contribution in [2.24, 2.45) is 0 Å². The van der Waals surface area contributed by atoms with E-state index in [1.807, 2.05) is 0 Å². The second-order valence-electron chi connectivity index (χ2n) is 4.14. The molecule has 0 aliphatic carbocycles. The van der Waals surface area contributed by atoms with Crippen molar-refractivity contribution in [3.8, 4) is 0 Å². The fourth-order valence-corrected chi connectivity index (χ4v) is 2.39. The van der Waals surface area contributed by atoms with Crippen LogP contribution in [-0.2, 0) is 0 Å². The maximum absolute atomic E-state index is 12.5. The maximum Gasteiger partial charge on any atom is 0.288 e. The van der Waals surface area contributed by atoms with E-state index in [0.717, 1.165) is 0 Å². The van der Waals surface area contributed by atoms with Crippen molar-refractivity contribution < 1.29 is 18.5 Å². The first kappa shape index (κ1) is 15.9. The van der Waals surface area contributed by atoms with Crippen LogP contribution < -0.4 is 5.32 Å². The lowest BCUT2D eigenvalue weighted by Crippen LogP contribution is -2.13. The Bertz CT molecular complexity index is 710. The van der Waals surface area contributed by atoms with Crippen molar-refractivity contribution in [3.63, 3.8) is 0 Å². The van der Waals surface area contributed by atoms with Crippen molar-refractivity contribution in [1.82, 2.24) is 0 Å². The number of nitro groups is 1. The van der Waals surface area contributed by atoms with E-state index in [9.17, 15) is 23.7 Å². The van der Waals surface area contributed by atoms with Gasteiger partial charge in [-0.25, -0.2) is 0 Å². The molecule has 0 spiro atoms. The summed E-state index contributed by atoms with van der Waals surface area (Å²) in [6.45, 7) is 0. The molecule has 2 rings (SSSR count). The summed E-state index contributed by atoms with van der Waals surface area (Å²) in [4.78, 5) is 22.4. The van der Waals surface area contributed by atoms with Gasteiger partial charge in [0.1, 0.15) is 0 Å². The van der Waals surface area contributed by atoms with E-state index in [1.165, 1.54) is 36.4 Å². The van der Waals surface area contributed by atoms with E-state index in [1.54, 1.807) is 12.1 Å². The smallest absolute Gasteiger partial charge is 0.288 e. The molecular formula is C14H10F2N2O3S. The van der Waals surface area contributed by atoms with Crippen LogP contribution in [-0.4, -0.2) is 16.6 Å².